The fourth-order valence-corrected chi connectivity index (χ4v) is 2.47. The van der Waals surface area contributed by atoms with Crippen molar-refractivity contribution in [3.63, 3.8) is 0 Å². The Morgan fingerprint density at radius 1 is 1.00 bits per heavy atom. The van der Waals surface area contributed by atoms with Gasteiger partial charge in [-0.25, -0.2) is 9.97 Å². The molecule has 0 aliphatic rings. The highest BCUT2D eigenvalue weighted by Crippen LogP contribution is 2.34. The normalized spacial score (nSPS) is 10.8. The van der Waals surface area contributed by atoms with E-state index in [1.807, 2.05) is 13.8 Å². The van der Waals surface area contributed by atoms with E-state index in [4.69, 9.17) is 39.5 Å². The van der Waals surface area contributed by atoms with Crippen LogP contribution in [-0.2, 0) is 0 Å². The van der Waals surface area contributed by atoms with E-state index >= 15 is 0 Å². The molecule has 1 heterocycles. The van der Waals surface area contributed by atoms with Gasteiger partial charge in [-0.1, -0.05) is 48.7 Å². The van der Waals surface area contributed by atoms with Crippen LogP contribution in [0.3, 0.4) is 0 Å². The van der Waals surface area contributed by atoms with Crippen LogP contribution in [0.2, 0.25) is 15.2 Å². The van der Waals surface area contributed by atoms with Crippen molar-refractivity contribution in [3.05, 3.63) is 45.3 Å². The summed E-state index contributed by atoms with van der Waals surface area (Å²) in [6.45, 7) is 3.98. The standard InChI is InChI=1S/C13H11Cl3N2O/c1-7(2)11-12(16)17-6-18-13(11)19-10-4-8(14)3-9(15)5-10/h3-7H,1-2H3. The first-order valence-corrected chi connectivity index (χ1v) is 6.75. The first-order valence-electron chi connectivity index (χ1n) is 5.61. The molecule has 0 saturated heterocycles. The molecule has 2 aromatic rings. The van der Waals surface area contributed by atoms with Crippen molar-refractivity contribution in [1.82, 2.24) is 9.97 Å². The minimum absolute atomic E-state index is 0.137. The van der Waals surface area contributed by atoms with Crippen LogP contribution >= 0.6 is 34.8 Å². The van der Waals surface area contributed by atoms with Gasteiger partial charge in [0.15, 0.2) is 0 Å². The molecule has 0 spiro atoms. The molecule has 3 nitrogen and oxygen atoms in total. The second-order valence-electron chi connectivity index (χ2n) is 4.25. The highest BCUT2D eigenvalue weighted by atomic mass is 35.5. The van der Waals surface area contributed by atoms with Gasteiger partial charge in [0.25, 0.3) is 0 Å². The highest BCUT2D eigenvalue weighted by Gasteiger charge is 2.15. The lowest BCUT2D eigenvalue weighted by molar-refractivity contribution is 0.451. The summed E-state index contributed by atoms with van der Waals surface area (Å²) in [5.74, 6) is 1.06. The Hall–Kier alpha value is -1.03. The maximum Gasteiger partial charge on any atom is 0.227 e. The summed E-state index contributed by atoms with van der Waals surface area (Å²) in [5.41, 5.74) is 0.750. The van der Waals surface area contributed by atoms with Gasteiger partial charge in [-0.3, -0.25) is 0 Å². The minimum Gasteiger partial charge on any atom is -0.438 e. The zero-order valence-corrected chi connectivity index (χ0v) is 12.6. The molecule has 6 heteroatoms. The fraction of sp³-hybridized carbons (Fsp3) is 0.231. The molecule has 0 saturated carbocycles. The van der Waals surface area contributed by atoms with Crippen molar-refractivity contribution in [2.45, 2.75) is 19.8 Å². The summed E-state index contributed by atoms with van der Waals surface area (Å²) in [7, 11) is 0. The van der Waals surface area contributed by atoms with E-state index in [0.29, 0.717) is 26.8 Å². The third-order valence-corrected chi connectivity index (χ3v) is 3.16. The number of benzene rings is 1. The van der Waals surface area contributed by atoms with Gasteiger partial charge < -0.3 is 4.74 Å². The summed E-state index contributed by atoms with van der Waals surface area (Å²) < 4.78 is 5.71. The van der Waals surface area contributed by atoms with Gasteiger partial charge in [-0.05, 0) is 24.1 Å². The maximum atomic E-state index is 6.07. The average Bonchev–Trinajstić information content (AvgIpc) is 2.26. The number of ether oxygens (including phenoxy) is 1. The smallest absolute Gasteiger partial charge is 0.227 e. The van der Waals surface area contributed by atoms with Gasteiger partial charge in [-0.15, -0.1) is 0 Å². The number of hydrogen-bond donors (Lipinski definition) is 0. The number of aromatic nitrogens is 2. The van der Waals surface area contributed by atoms with Gasteiger partial charge in [-0.2, -0.15) is 0 Å². The Bertz CT molecular complexity index is 582. The highest BCUT2D eigenvalue weighted by molar-refractivity contribution is 6.34. The lowest BCUT2D eigenvalue weighted by Gasteiger charge is -2.13. The van der Waals surface area contributed by atoms with Crippen molar-refractivity contribution in [1.29, 1.82) is 0 Å². The van der Waals surface area contributed by atoms with Gasteiger partial charge >= 0.3 is 0 Å². The molecule has 0 unspecified atom stereocenters. The number of nitrogens with zero attached hydrogens (tertiary/aromatic N) is 2. The maximum absolute atomic E-state index is 6.07. The molecule has 0 atom stereocenters. The van der Waals surface area contributed by atoms with Crippen LogP contribution in [0.4, 0.5) is 0 Å². The van der Waals surface area contributed by atoms with Crippen LogP contribution in [0.25, 0.3) is 0 Å². The van der Waals surface area contributed by atoms with Crippen molar-refractivity contribution >= 4 is 34.8 Å². The third kappa shape index (κ3) is 3.50. The summed E-state index contributed by atoms with van der Waals surface area (Å²) >= 11 is 17.9. The molecule has 0 aliphatic carbocycles. The van der Waals surface area contributed by atoms with Crippen molar-refractivity contribution < 1.29 is 4.74 Å². The van der Waals surface area contributed by atoms with Crippen molar-refractivity contribution in [3.8, 4) is 11.6 Å². The average molecular weight is 318 g/mol. The van der Waals surface area contributed by atoms with Crippen LogP contribution in [-0.4, -0.2) is 9.97 Å². The number of halogens is 3. The van der Waals surface area contributed by atoms with E-state index in [1.165, 1.54) is 6.33 Å². The molecule has 0 fully saturated rings. The molecular formula is C13H11Cl3N2O. The summed E-state index contributed by atoms with van der Waals surface area (Å²) in [6.07, 6.45) is 1.36. The van der Waals surface area contributed by atoms with Crippen molar-refractivity contribution in [2.24, 2.45) is 0 Å². The monoisotopic (exact) mass is 316 g/mol. The SMILES string of the molecule is CC(C)c1c(Cl)ncnc1Oc1cc(Cl)cc(Cl)c1. The predicted molar refractivity (Wildman–Crippen MR) is 77.7 cm³/mol. The Balaban J connectivity index is 2.40. The Morgan fingerprint density at radius 3 is 2.21 bits per heavy atom. The topological polar surface area (TPSA) is 35.0 Å². The van der Waals surface area contributed by atoms with Crippen LogP contribution in [0.15, 0.2) is 24.5 Å². The molecule has 0 bridgehead atoms. The summed E-state index contributed by atoms with van der Waals surface area (Å²) in [6, 6.07) is 4.95. The Labute approximate surface area is 126 Å². The molecule has 0 aliphatic heterocycles. The fourth-order valence-electron chi connectivity index (χ4n) is 1.62. The van der Waals surface area contributed by atoms with E-state index in [2.05, 4.69) is 9.97 Å². The van der Waals surface area contributed by atoms with Crippen molar-refractivity contribution in [2.75, 3.05) is 0 Å². The molecule has 1 aromatic heterocycles. The third-order valence-electron chi connectivity index (χ3n) is 2.43. The van der Waals surface area contributed by atoms with Gasteiger partial charge in [0.05, 0.1) is 5.56 Å². The predicted octanol–water partition coefficient (Wildman–Crippen LogP) is 5.35. The van der Waals surface area contributed by atoms with E-state index in [9.17, 15) is 0 Å². The summed E-state index contributed by atoms with van der Waals surface area (Å²) in [5, 5.41) is 1.37. The number of rotatable bonds is 3. The first kappa shape index (κ1) is 14.4. The van der Waals surface area contributed by atoms with E-state index < -0.39 is 0 Å². The van der Waals surface area contributed by atoms with Crippen LogP contribution in [0, 0.1) is 0 Å². The second kappa shape index (κ2) is 5.95. The Kier molecular flexibility index (Phi) is 4.50. The lowest BCUT2D eigenvalue weighted by Crippen LogP contribution is -1.99. The summed E-state index contributed by atoms with van der Waals surface area (Å²) in [4.78, 5) is 8.07. The van der Waals surface area contributed by atoms with E-state index in [0.717, 1.165) is 5.56 Å². The first-order chi connectivity index (χ1) is 8.97. The molecule has 0 N–H and O–H groups in total. The molecule has 0 amide bonds. The zero-order chi connectivity index (χ0) is 14.0. The lowest BCUT2D eigenvalue weighted by atomic mass is 10.1. The van der Waals surface area contributed by atoms with Crippen LogP contribution in [0.1, 0.15) is 25.3 Å². The minimum atomic E-state index is 0.137. The van der Waals surface area contributed by atoms with E-state index in [-0.39, 0.29) is 5.92 Å². The quantitative estimate of drug-likeness (QED) is 0.715. The molecule has 100 valence electrons. The number of hydrogen-bond acceptors (Lipinski definition) is 3. The molecule has 0 radical (unpaired) electrons. The van der Waals surface area contributed by atoms with Gasteiger partial charge in [0.2, 0.25) is 5.88 Å². The van der Waals surface area contributed by atoms with Gasteiger partial charge in [0, 0.05) is 10.0 Å². The largest absolute Gasteiger partial charge is 0.438 e. The Morgan fingerprint density at radius 2 is 1.63 bits per heavy atom. The zero-order valence-electron chi connectivity index (χ0n) is 10.3. The molecule has 19 heavy (non-hydrogen) atoms. The second-order valence-corrected chi connectivity index (χ2v) is 5.48. The van der Waals surface area contributed by atoms with Crippen LogP contribution < -0.4 is 4.74 Å². The van der Waals surface area contributed by atoms with E-state index in [1.54, 1.807) is 18.2 Å². The van der Waals surface area contributed by atoms with Gasteiger partial charge in [0.1, 0.15) is 17.2 Å². The molecular weight excluding hydrogens is 307 g/mol. The molecule has 1 aromatic carbocycles. The molecule has 2 rings (SSSR count). The van der Waals surface area contributed by atoms with Crippen LogP contribution in [0.5, 0.6) is 11.6 Å².